The molecule has 0 atom stereocenters. The van der Waals surface area contributed by atoms with Crippen molar-refractivity contribution in [2.24, 2.45) is 0 Å². The van der Waals surface area contributed by atoms with Crippen LogP contribution in [0.2, 0.25) is 0 Å². The zero-order chi connectivity index (χ0) is 25.7. The molecule has 182 valence electrons. The molecule has 0 spiro atoms. The van der Waals surface area contributed by atoms with Crippen molar-refractivity contribution in [3.63, 3.8) is 0 Å². The van der Waals surface area contributed by atoms with Crippen molar-refractivity contribution in [2.45, 2.75) is 13.5 Å². The molecule has 0 N–H and O–H groups in total. The molecule has 0 saturated carbocycles. The first-order chi connectivity index (χ1) is 17.4. The number of nitriles is 1. The molecule has 4 rings (SSSR count). The van der Waals surface area contributed by atoms with E-state index in [2.05, 4.69) is 28.7 Å². The predicted octanol–water partition coefficient (Wildman–Crippen LogP) is 6.55. The van der Waals surface area contributed by atoms with Crippen LogP contribution in [0.25, 0.3) is 6.08 Å². The van der Waals surface area contributed by atoms with Crippen molar-refractivity contribution in [3.8, 4) is 23.3 Å². The van der Waals surface area contributed by atoms with Gasteiger partial charge in [0, 0.05) is 5.56 Å². The van der Waals surface area contributed by atoms with Gasteiger partial charge >= 0.3 is 0 Å². The first-order valence-electron chi connectivity index (χ1n) is 10.9. The molecule has 0 aromatic heterocycles. The van der Waals surface area contributed by atoms with Gasteiger partial charge < -0.3 is 14.2 Å². The Balaban J connectivity index is 1.56. The van der Waals surface area contributed by atoms with Gasteiger partial charge in [0.2, 0.25) is 0 Å². The Morgan fingerprint density at radius 1 is 1.14 bits per heavy atom. The highest BCUT2D eigenvalue weighted by Gasteiger charge is 2.33. The van der Waals surface area contributed by atoms with Gasteiger partial charge in [-0.25, -0.2) is 0 Å². The van der Waals surface area contributed by atoms with Crippen LogP contribution in [-0.4, -0.2) is 23.9 Å². The second-order valence-corrected chi connectivity index (χ2v) is 10.4. The third kappa shape index (κ3) is 5.67. The van der Waals surface area contributed by atoms with Crippen LogP contribution in [0.15, 0.2) is 65.6 Å². The summed E-state index contributed by atoms with van der Waals surface area (Å²) in [6.07, 6.45) is 1.80. The maximum Gasteiger partial charge on any atom is 0.270 e. The van der Waals surface area contributed by atoms with Crippen molar-refractivity contribution in [3.05, 3.63) is 85.8 Å². The number of thiocarbonyl (C=S) groups is 1. The fourth-order valence-electron chi connectivity index (χ4n) is 3.57. The third-order valence-electron chi connectivity index (χ3n) is 5.26. The lowest BCUT2D eigenvalue weighted by atomic mass is 10.1. The first kappa shape index (κ1) is 26.0. The van der Waals surface area contributed by atoms with E-state index in [9.17, 15) is 10.1 Å². The zero-order valence-corrected chi connectivity index (χ0v) is 23.3. The number of hydrogen-bond acceptors (Lipinski definition) is 7. The molecule has 6 nitrogen and oxygen atoms in total. The second-order valence-electron chi connectivity index (χ2n) is 7.54. The van der Waals surface area contributed by atoms with E-state index in [1.165, 1.54) is 16.7 Å². The summed E-state index contributed by atoms with van der Waals surface area (Å²) in [4.78, 5) is 15.2. The maximum absolute atomic E-state index is 13.2. The Morgan fingerprint density at radius 3 is 2.58 bits per heavy atom. The number of thioether (sulfide) groups is 1. The van der Waals surface area contributed by atoms with E-state index in [1.807, 2.05) is 61.5 Å². The normalized spacial score (nSPS) is 14.2. The highest BCUT2D eigenvalue weighted by molar-refractivity contribution is 14.1. The number of amides is 1. The molecule has 9 heteroatoms. The van der Waals surface area contributed by atoms with Crippen molar-refractivity contribution in [2.75, 3.05) is 18.6 Å². The van der Waals surface area contributed by atoms with Gasteiger partial charge in [0.1, 0.15) is 12.4 Å². The fraction of sp³-hybridized carbons (Fsp3) is 0.148. The number of carbonyl (C=O) groups is 1. The Hall–Kier alpha value is -3.07. The number of halogens is 1. The molecule has 1 fully saturated rings. The fourth-order valence-corrected chi connectivity index (χ4v) is 5.65. The third-order valence-corrected chi connectivity index (χ3v) is 7.36. The van der Waals surface area contributed by atoms with E-state index in [1.54, 1.807) is 19.3 Å². The average molecular weight is 629 g/mol. The lowest BCUT2D eigenvalue weighted by Gasteiger charge is -2.15. The van der Waals surface area contributed by atoms with Crippen LogP contribution in [0, 0.1) is 14.9 Å². The van der Waals surface area contributed by atoms with Crippen LogP contribution in [0.1, 0.15) is 23.6 Å². The van der Waals surface area contributed by atoms with E-state index in [0.717, 1.165) is 20.4 Å². The number of methoxy groups -OCH3 is 1. The van der Waals surface area contributed by atoms with Crippen LogP contribution in [0.3, 0.4) is 0 Å². The topological polar surface area (TPSA) is 71.8 Å². The molecular formula is C27H21IN2O4S2. The van der Waals surface area contributed by atoms with Crippen molar-refractivity contribution in [1.82, 2.24) is 0 Å². The lowest BCUT2D eigenvalue weighted by molar-refractivity contribution is -0.113. The summed E-state index contributed by atoms with van der Waals surface area (Å²) >= 11 is 8.93. The van der Waals surface area contributed by atoms with E-state index in [-0.39, 0.29) is 12.5 Å². The molecule has 3 aromatic rings. The molecule has 0 radical (unpaired) electrons. The molecule has 1 amide bonds. The van der Waals surface area contributed by atoms with E-state index in [0.29, 0.717) is 38.6 Å². The zero-order valence-electron chi connectivity index (χ0n) is 19.5. The summed E-state index contributed by atoms with van der Waals surface area (Å²) in [5.41, 5.74) is 2.84. The van der Waals surface area contributed by atoms with Crippen LogP contribution in [0.5, 0.6) is 17.2 Å². The highest BCUT2D eigenvalue weighted by Crippen LogP contribution is 2.39. The number of ether oxygens (including phenoxy) is 3. The van der Waals surface area contributed by atoms with Gasteiger partial charge in [-0.1, -0.05) is 42.2 Å². The highest BCUT2D eigenvalue weighted by atomic mass is 127. The van der Waals surface area contributed by atoms with Gasteiger partial charge in [-0.15, -0.1) is 0 Å². The molecular weight excluding hydrogens is 607 g/mol. The Kier molecular flexibility index (Phi) is 8.51. The Bertz CT molecular complexity index is 1380. The number of carbonyl (C=O) groups excluding carboxylic acids is 1. The van der Waals surface area contributed by atoms with Gasteiger partial charge in [0.05, 0.1) is 39.5 Å². The minimum atomic E-state index is -0.184. The largest absolute Gasteiger partial charge is 0.494 e. The average Bonchev–Trinajstić information content (AvgIpc) is 3.16. The number of benzene rings is 3. The van der Waals surface area contributed by atoms with Crippen LogP contribution < -0.4 is 19.1 Å². The lowest BCUT2D eigenvalue weighted by Crippen LogP contribution is -2.27. The summed E-state index contributed by atoms with van der Waals surface area (Å²) in [5.74, 6) is 1.66. The molecule has 1 heterocycles. The number of hydrogen-bond donors (Lipinski definition) is 0. The number of nitrogens with zero attached hydrogens (tertiary/aromatic N) is 2. The maximum atomic E-state index is 13.2. The van der Waals surface area contributed by atoms with E-state index < -0.39 is 0 Å². The smallest absolute Gasteiger partial charge is 0.270 e. The van der Waals surface area contributed by atoms with E-state index >= 15 is 0 Å². The predicted molar refractivity (Wildman–Crippen MR) is 154 cm³/mol. The van der Waals surface area contributed by atoms with Crippen LogP contribution >= 0.6 is 46.6 Å². The molecule has 1 aliphatic rings. The molecule has 36 heavy (non-hydrogen) atoms. The van der Waals surface area contributed by atoms with Gasteiger partial charge in [-0.3, -0.25) is 9.69 Å². The summed E-state index contributed by atoms with van der Waals surface area (Å²) in [5, 5.41) is 9.32. The molecule has 1 aliphatic heterocycles. The second kappa shape index (κ2) is 11.8. The molecule has 0 unspecified atom stereocenters. The van der Waals surface area contributed by atoms with Crippen LogP contribution in [0.4, 0.5) is 5.69 Å². The molecule has 0 bridgehead atoms. The summed E-state index contributed by atoms with van der Waals surface area (Å²) in [6, 6.07) is 20.5. The quantitative estimate of drug-likeness (QED) is 0.159. The minimum absolute atomic E-state index is 0.184. The SMILES string of the molecule is CCOc1ccc(N2C(=O)/C(=C\c3cc(I)c(OCc4ccccc4C#N)c(OC)c3)SC2=S)cc1. The van der Waals surface area contributed by atoms with E-state index in [4.69, 9.17) is 26.4 Å². The monoisotopic (exact) mass is 628 g/mol. The molecule has 0 aliphatic carbocycles. The minimum Gasteiger partial charge on any atom is -0.494 e. The standard InChI is InChI=1S/C27H21IN2O4S2/c1-3-33-21-10-8-20(9-11-21)30-26(31)24(36-27(30)35)14-17-12-22(28)25(23(13-17)32-2)34-16-19-7-5-4-6-18(19)15-29/h4-14H,3,16H2,1-2H3/b24-14+. The Labute approximate surface area is 233 Å². The summed E-state index contributed by atoms with van der Waals surface area (Å²) in [6.45, 7) is 2.72. The summed E-state index contributed by atoms with van der Waals surface area (Å²) < 4.78 is 18.4. The molecule has 1 saturated heterocycles. The Morgan fingerprint density at radius 2 is 1.89 bits per heavy atom. The van der Waals surface area contributed by atoms with Crippen molar-refractivity contribution >= 4 is 68.6 Å². The van der Waals surface area contributed by atoms with Crippen molar-refractivity contribution in [1.29, 1.82) is 5.26 Å². The van der Waals surface area contributed by atoms with Gasteiger partial charge in [0.25, 0.3) is 5.91 Å². The number of anilines is 1. The van der Waals surface area contributed by atoms with Gasteiger partial charge in [-0.2, -0.15) is 5.26 Å². The van der Waals surface area contributed by atoms with Gasteiger partial charge in [-0.05, 0) is 83.6 Å². The summed E-state index contributed by atoms with van der Waals surface area (Å²) in [7, 11) is 1.57. The molecule has 3 aromatic carbocycles. The number of rotatable bonds is 8. The van der Waals surface area contributed by atoms with Crippen LogP contribution in [-0.2, 0) is 11.4 Å². The van der Waals surface area contributed by atoms with Crippen molar-refractivity contribution < 1.29 is 19.0 Å². The van der Waals surface area contributed by atoms with Gasteiger partial charge in [0.15, 0.2) is 15.8 Å². The first-order valence-corrected chi connectivity index (χ1v) is 13.2.